The standard InChI is InChI=1S/C12H12Cl2N2O2.ClH/c1-17-10-6-9-8(12(14)16-7-15-9)5-11(10)18-4-2-3-13;/h5-7H,2-4H2,1H3;1H. The molecule has 1 aromatic carbocycles. The highest BCUT2D eigenvalue weighted by molar-refractivity contribution is 6.34. The van der Waals surface area contributed by atoms with Gasteiger partial charge in [-0.15, -0.1) is 24.0 Å². The zero-order valence-corrected chi connectivity index (χ0v) is 12.6. The number of fused-ring (bicyclic) bond motifs is 1. The minimum absolute atomic E-state index is 0. The fraction of sp³-hybridized carbons (Fsp3) is 0.333. The summed E-state index contributed by atoms with van der Waals surface area (Å²) in [6, 6.07) is 3.56. The third kappa shape index (κ3) is 3.75. The summed E-state index contributed by atoms with van der Waals surface area (Å²) in [4.78, 5) is 8.07. The van der Waals surface area contributed by atoms with Gasteiger partial charge >= 0.3 is 0 Å². The minimum Gasteiger partial charge on any atom is -0.493 e. The molecule has 1 heterocycles. The molecule has 0 aliphatic carbocycles. The summed E-state index contributed by atoms with van der Waals surface area (Å²) in [5, 5.41) is 1.13. The van der Waals surface area contributed by atoms with Crippen molar-refractivity contribution in [3.05, 3.63) is 23.6 Å². The smallest absolute Gasteiger partial charge is 0.162 e. The molecule has 0 aliphatic heterocycles. The van der Waals surface area contributed by atoms with Gasteiger partial charge in [-0.05, 0) is 12.5 Å². The van der Waals surface area contributed by atoms with Crippen LogP contribution in [0.4, 0.5) is 0 Å². The number of hydrogen-bond acceptors (Lipinski definition) is 4. The van der Waals surface area contributed by atoms with Crippen LogP contribution in [0.2, 0.25) is 5.15 Å². The summed E-state index contributed by atoms with van der Waals surface area (Å²) in [5.74, 6) is 1.79. The van der Waals surface area contributed by atoms with Crippen LogP contribution in [0.25, 0.3) is 10.9 Å². The van der Waals surface area contributed by atoms with Gasteiger partial charge in [0.25, 0.3) is 0 Å². The van der Waals surface area contributed by atoms with E-state index in [1.807, 2.05) is 0 Å². The van der Waals surface area contributed by atoms with Gasteiger partial charge in [-0.25, -0.2) is 9.97 Å². The van der Waals surface area contributed by atoms with E-state index in [9.17, 15) is 0 Å². The maximum Gasteiger partial charge on any atom is 0.162 e. The van der Waals surface area contributed by atoms with Gasteiger partial charge in [0.05, 0.1) is 19.2 Å². The number of aromatic nitrogens is 2. The molecule has 2 rings (SSSR count). The summed E-state index contributed by atoms with van der Waals surface area (Å²) in [5.41, 5.74) is 0.719. The van der Waals surface area contributed by atoms with Crippen molar-refractivity contribution >= 4 is 46.5 Å². The van der Waals surface area contributed by atoms with Gasteiger partial charge in [-0.2, -0.15) is 0 Å². The number of hydrogen-bond donors (Lipinski definition) is 0. The van der Waals surface area contributed by atoms with Crippen molar-refractivity contribution in [2.45, 2.75) is 6.42 Å². The molecule has 0 saturated heterocycles. The lowest BCUT2D eigenvalue weighted by Crippen LogP contribution is -2.00. The molecule has 0 atom stereocenters. The van der Waals surface area contributed by atoms with Gasteiger partial charge in [0, 0.05) is 17.3 Å². The molecule has 0 N–H and O–H groups in total. The number of rotatable bonds is 5. The first kappa shape index (κ1) is 16.1. The first-order valence-electron chi connectivity index (χ1n) is 5.43. The lowest BCUT2D eigenvalue weighted by atomic mass is 10.2. The van der Waals surface area contributed by atoms with E-state index in [0.29, 0.717) is 29.1 Å². The van der Waals surface area contributed by atoms with Crippen LogP contribution in [-0.4, -0.2) is 29.6 Å². The second kappa shape index (κ2) is 7.58. The molecule has 0 fully saturated rings. The van der Waals surface area contributed by atoms with Crippen molar-refractivity contribution in [2.75, 3.05) is 19.6 Å². The van der Waals surface area contributed by atoms with Crippen LogP contribution in [0.1, 0.15) is 6.42 Å². The van der Waals surface area contributed by atoms with E-state index in [1.165, 1.54) is 6.33 Å². The van der Waals surface area contributed by atoms with Crippen molar-refractivity contribution in [3.8, 4) is 11.5 Å². The van der Waals surface area contributed by atoms with Gasteiger partial charge < -0.3 is 9.47 Å². The molecule has 0 bridgehead atoms. The van der Waals surface area contributed by atoms with Crippen LogP contribution in [0, 0.1) is 0 Å². The quantitative estimate of drug-likeness (QED) is 0.478. The highest BCUT2D eigenvalue weighted by Crippen LogP contribution is 2.33. The molecule has 0 amide bonds. The van der Waals surface area contributed by atoms with E-state index < -0.39 is 0 Å². The summed E-state index contributed by atoms with van der Waals surface area (Å²) in [7, 11) is 1.58. The monoisotopic (exact) mass is 322 g/mol. The second-order valence-corrected chi connectivity index (χ2v) is 4.31. The number of methoxy groups -OCH3 is 1. The number of ether oxygens (including phenoxy) is 2. The predicted octanol–water partition coefficient (Wildman–Crippen LogP) is 3.72. The first-order valence-corrected chi connectivity index (χ1v) is 6.34. The number of halogens is 3. The molecule has 2 aromatic rings. The topological polar surface area (TPSA) is 44.2 Å². The molecule has 0 aliphatic rings. The molecule has 0 unspecified atom stereocenters. The van der Waals surface area contributed by atoms with Crippen LogP contribution in [-0.2, 0) is 0 Å². The third-order valence-corrected chi connectivity index (χ3v) is 2.98. The summed E-state index contributed by atoms with van der Waals surface area (Å²) >= 11 is 11.6. The Morgan fingerprint density at radius 2 is 2.00 bits per heavy atom. The maximum atomic E-state index is 6.02. The average molecular weight is 324 g/mol. The van der Waals surface area contributed by atoms with Gasteiger partial charge in [0.15, 0.2) is 11.5 Å². The number of benzene rings is 1. The zero-order valence-electron chi connectivity index (χ0n) is 10.2. The predicted molar refractivity (Wildman–Crippen MR) is 79.2 cm³/mol. The Hall–Kier alpha value is -0.970. The van der Waals surface area contributed by atoms with Crippen molar-refractivity contribution in [2.24, 2.45) is 0 Å². The second-order valence-electron chi connectivity index (χ2n) is 3.58. The molecule has 1 aromatic heterocycles. The van der Waals surface area contributed by atoms with E-state index >= 15 is 0 Å². The van der Waals surface area contributed by atoms with Crippen molar-refractivity contribution in [1.29, 1.82) is 0 Å². The Labute approximate surface area is 127 Å². The van der Waals surface area contributed by atoms with E-state index in [-0.39, 0.29) is 12.4 Å². The average Bonchev–Trinajstić information content (AvgIpc) is 2.39. The van der Waals surface area contributed by atoms with Gasteiger partial charge in [-0.3, -0.25) is 0 Å². The summed E-state index contributed by atoms with van der Waals surface area (Å²) in [6.07, 6.45) is 2.18. The lowest BCUT2D eigenvalue weighted by molar-refractivity contribution is 0.295. The Morgan fingerprint density at radius 1 is 1.21 bits per heavy atom. The van der Waals surface area contributed by atoms with Crippen molar-refractivity contribution in [3.63, 3.8) is 0 Å². The van der Waals surface area contributed by atoms with Crippen LogP contribution in [0.3, 0.4) is 0 Å². The minimum atomic E-state index is 0. The van der Waals surface area contributed by atoms with Crippen LogP contribution in [0.5, 0.6) is 11.5 Å². The fourth-order valence-corrected chi connectivity index (χ4v) is 1.85. The molecular formula is C12H13Cl3N2O2. The SMILES string of the molecule is COc1cc2ncnc(Cl)c2cc1OCCCCl.Cl. The van der Waals surface area contributed by atoms with Crippen LogP contribution >= 0.6 is 35.6 Å². The lowest BCUT2D eigenvalue weighted by Gasteiger charge is -2.11. The van der Waals surface area contributed by atoms with Crippen LogP contribution < -0.4 is 9.47 Å². The van der Waals surface area contributed by atoms with E-state index in [2.05, 4.69) is 9.97 Å². The maximum absolute atomic E-state index is 6.02. The van der Waals surface area contributed by atoms with Crippen LogP contribution in [0.15, 0.2) is 18.5 Å². The Morgan fingerprint density at radius 3 is 2.68 bits per heavy atom. The van der Waals surface area contributed by atoms with Gasteiger partial charge in [-0.1, -0.05) is 11.6 Å². The van der Waals surface area contributed by atoms with E-state index in [0.717, 1.165) is 17.3 Å². The normalized spacial score (nSPS) is 10.1. The Balaban J connectivity index is 0.00000180. The van der Waals surface area contributed by atoms with Gasteiger partial charge in [0.1, 0.15) is 11.5 Å². The molecule has 4 nitrogen and oxygen atoms in total. The van der Waals surface area contributed by atoms with E-state index in [4.69, 9.17) is 32.7 Å². The zero-order chi connectivity index (χ0) is 13.0. The molecule has 19 heavy (non-hydrogen) atoms. The van der Waals surface area contributed by atoms with Crippen molar-refractivity contribution in [1.82, 2.24) is 9.97 Å². The van der Waals surface area contributed by atoms with Crippen molar-refractivity contribution < 1.29 is 9.47 Å². The highest BCUT2D eigenvalue weighted by Gasteiger charge is 2.10. The molecule has 0 saturated carbocycles. The highest BCUT2D eigenvalue weighted by atomic mass is 35.5. The Kier molecular flexibility index (Phi) is 6.42. The van der Waals surface area contributed by atoms with E-state index in [1.54, 1.807) is 19.2 Å². The molecule has 0 radical (unpaired) electrons. The molecule has 0 spiro atoms. The Bertz CT molecular complexity index is 552. The largest absolute Gasteiger partial charge is 0.493 e. The molecular weight excluding hydrogens is 311 g/mol. The third-order valence-electron chi connectivity index (χ3n) is 2.41. The number of alkyl halides is 1. The summed E-state index contributed by atoms with van der Waals surface area (Å²) < 4.78 is 10.9. The molecule has 7 heteroatoms. The molecule has 104 valence electrons. The van der Waals surface area contributed by atoms with Gasteiger partial charge in [0.2, 0.25) is 0 Å². The summed E-state index contributed by atoms with van der Waals surface area (Å²) in [6.45, 7) is 0.524. The number of nitrogens with zero attached hydrogens (tertiary/aromatic N) is 2. The fourth-order valence-electron chi connectivity index (χ4n) is 1.54. The first-order chi connectivity index (χ1) is 8.76.